The van der Waals surface area contributed by atoms with Crippen molar-refractivity contribution in [2.75, 3.05) is 19.7 Å². The van der Waals surface area contributed by atoms with Crippen LogP contribution in [-0.2, 0) is 16.0 Å². The summed E-state index contributed by atoms with van der Waals surface area (Å²) in [6.07, 6.45) is 2.51. The highest BCUT2D eigenvalue weighted by Crippen LogP contribution is 2.34. The van der Waals surface area contributed by atoms with Crippen LogP contribution in [0.25, 0.3) is 0 Å². The zero-order valence-electron chi connectivity index (χ0n) is 11.9. The Hall–Kier alpha value is -1.35. The fourth-order valence-electron chi connectivity index (χ4n) is 2.74. The molecule has 3 nitrogen and oxygen atoms in total. The molecule has 19 heavy (non-hydrogen) atoms. The van der Waals surface area contributed by atoms with E-state index in [2.05, 4.69) is 36.5 Å². The second-order valence-corrected chi connectivity index (χ2v) is 5.41. The molecule has 0 amide bonds. The van der Waals surface area contributed by atoms with E-state index in [1.807, 2.05) is 6.92 Å². The summed E-state index contributed by atoms with van der Waals surface area (Å²) in [6.45, 7) is 6.20. The van der Waals surface area contributed by atoms with Gasteiger partial charge in [-0.25, -0.2) is 0 Å². The minimum atomic E-state index is -0.337. The maximum Gasteiger partial charge on any atom is 0.312 e. The summed E-state index contributed by atoms with van der Waals surface area (Å²) >= 11 is 0. The van der Waals surface area contributed by atoms with Gasteiger partial charge in [-0.1, -0.05) is 29.8 Å². The van der Waals surface area contributed by atoms with E-state index >= 15 is 0 Å². The van der Waals surface area contributed by atoms with Crippen molar-refractivity contribution < 1.29 is 9.53 Å². The predicted octanol–water partition coefficient (Wildman–Crippen LogP) is 2.47. The van der Waals surface area contributed by atoms with Crippen molar-refractivity contribution in [1.82, 2.24) is 5.32 Å². The Balaban J connectivity index is 2.17. The van der Waals surface area contributed by atoms with Crippen molar-refractivity contribution in [3.05, 3.63) is 35.4 Å². The lowest BCUT2D eigenvalue weighted by atomic mass is 9.74. The number of benzene rings is 1. The summed E-state index contributed by atoms with van der Waals surface area (Å²) in [5.41, 5.74) is 2.14. The largest absolute Gasteiger partial charge is 0.466 e. The topological polar surface area (TPSA) is 38.3 Å². The lowest BCUT2D eigenvalue weighted by Crippen LogP contribution is -2.44. The average Bonchev–Trinajstić information content (AvgIpc) is 2.43. The molecule has 0 unspecified atom stereocenters. The van der Waals surface area contributed by atoms with Crippen LogP contribution in [0.4, 0.5) is 0 Å². The third-order valence-corrected chi connectivity index (χ3v) is 3.93. The molecule has 1 heterocycles. The number of esters is 1. The summed E-state index contributed by atoms with van der Waals surface area (Å²) in [7, 11) is 0. The Kier molecular flexibility index (Phi) is 4.59. The first-order valence-electron chi connectivity index (χ1n) is 7.10. The van der Waals surface area contributed by atoms with E-state index in [-0.39, 0.29) is 11.4 Å². The van der Waals surface area contributed by atoms with Crippen molar-refractivity contribution in [2.24, 2.45) is 5.41 Å². The smallest absolute Gasteiger partial charge is 0.312 e. The van der Waals surface area contributed by atoms with E-state index in [1.165, 1.54) is 11.1 Å². The van der Waals surface area contributed by atoms with Crippen molar-refractivity contribution in [2.45, 2.75) is 33.1 Å². The van der Waals surface area contributed by atoms with Gasteiger partial charge in [-0.05, 0) is 51.8 Å². The molecule has 0 aliphatic carbocycles. The molecular weight excluding hydrogens is 238 g/mol. The van der Waals surface area contributed by atoms with Crippen LogP contribution in [0.15, 0.2) is 24.3 Å². The van der Waals surface area contributed by atoms with Gasteiger partial charge >= 0.3 is 5.97 Å². The second-order valence-electron chi connectivity index (χ2n) is 5.41. The second kappa shape index (κ2) is 6.20. The number of aryl methyl sites for hydroxylation is 1. The Morgan fingerprint density at radius 2 is 1.89 bits per heavy atom. The SMILES string of the molecule is CCOC(=O)C1(Cc2ccc(C)cc2)CCNCC1. The van der Waals surface area contributed by atoms with Gasteiger partial charge in [0.2, 0.25) is 0 Å². The minimum Gasteiger partial charge on any atom is -0.466 e. The van der Waals surface area contributed by atoms with Gasteiger partial charge in [-0.15, -0.1) is 0 Å². The Labute approximate surface area is 115 Å². The fourth-order valence-corrected chi connectivity index (χ4v) is 2.74. The molecule has 0 saturated carbocycles. The molecule has 0 atom stereocenters. The number of piperidine rings is 1. The van der Waals surface area contributed by atoms with E-state index < -0.39 is 0 Å². The van der Waals surface area contributed by atoms with Crippen molar-refractivity contribution in [3.63, 3.8) is 0 Å². The average molecular weight is 261 g/mol. The molecular formula is C16H23NO2. The number of rotatable bonds is 4. The summed E-state index contributed by atoms with van der Waals surface area (Å²) < 4.78 is 5.31. The Bertz CT molecular complexity index is 419. The molecule has 1 aromatic rings. The van der Waals surface area contributed by atoms with E-state index in [1.54, 1.807) is 0 Å². The maximum absolute atomic E-state index is 12.3. The van der Waals surface area contributed by atoms with E-state index in [9.17, 15) is 4.79 Å². The summed E-state index contributed by atoms with van der Waals surface area (Å²) in [4.78, 5) is 12.3. The summed E-state index contributed by atoms with van der Waals surface area (Å²) in [5.74, 6) is -0.0305. The van der Waals surface area contributed by atoms with Gasteiger partial charge in [-0.3, -0.25) is 4.79 Å². The van der Waals surface area contributed by atoms with Crippen molar-refractivity contribution >= 4 is 5.97 Å². The first-order valence-corrected chi connectivity index (χ1v) is 7.10. The Morgan fingerprint density at radius 3 is 2.47 bits per heavy atom. The third kappa shape index (κ3) is 3.35. The van der Waals surface area contributed by atoms with Crippen LogP contribution in [0.5, 0.6) is 0 Å². The number of hydrogen-bond donors (Lipinski definition) is 1. The minimum absolute atomic E-state index is 0.0305. The molecule has 1 saturated heterocycles. The highest BCUT2D eigenvalue weighted by Gasteiger charge is 2.40. The van der Waals surface area contributed by atoms with Crippen LogP contribution in [0, 0.1) is 12.3 Å². The van der Waals surface area contributed by atoms with Crippen LogP contribution in [0.2, 0.25) is 0 Å². The quantitative estimate of drug-likeness (QED) is 0.846. The van der Waals surface area contributed by atoms with Crippen LogP contribution >= 0.6 is 0 Å². The molecule has 1 aliphatic heterocycles. The van der Waals surface area contributed by atoms with Gasteiger partial charge in [0, 0.05) is 0 Å². The van der Waals surface area contributed by atoms with Crippen molar-refractivity contribution in [3.8, 4) is 0 Å². The molecule has 1 aromatic carbocycles. The number of carbonyl (C=O) groups excluding carboxylic acids is 1. The highest BCUT2D eigenvalue weighted by atomic mass is 16.5. The monoisotopic (exact) mass is 261 g/mol. The fraction of sp³-hybridized carbons (Fsp3) is 0.562. The molecule has 0 spiro atoms. The predicted molar refractivity (Wildman–Crippen MR) is 76.1 cm³/mol. The molecule has 1 aliphatic rings. The van der Waals surface area contributed by atoms with E-state index in [4.69, 9.17) is 4.74 Å². The van der Waals surface area contributed by atoms with Crippen molar-refractivity contribution in [1.29, 1.82) is 0 Å². The molecule has 1 N–H and O–H groups in total. The zero-order chi connectivity index (χ0) is 13.7. The van der Waals surface area contributed by atoms with Crippen LogP contribution in [-0.4, -0.2) is 25.7 Å². The third-order valence-electron chi connectivity index (χ3n) is 3.93. The maximum atomic E-state index is 12.3. The number of nitrogens with one attached hydrogen (secondary N) is 1. The van der Waals surface area contributed by atoms with E-state index in [0.29, 0.717) is 6.61 Å². The van der Waals surface area contributed by atoms with Gasteiger partial charge < -0.3 is 10.1 Å². The molecule has 104 valence electrons. The standard InChI is InChI=1S/C16H23NO2/c1-3-19-15(18)16(8-10-17-11-9-16)12-14-6-4-13(2)5-7-14/h4-7,17H,3,8-12H2,1-2H3. The van der Waals surface area contributed by atoms with E-state index in [0.717, 1.165) is 32.4 Å². The molecule has 2 rings (SSSR count). The lowest BCUT2D eigenvalue weighted by molar-refractivity contribution is -0.157. The number of carbonyl (C=O) groups is 1. The van der Waals surface area contributed by atoms with Gasteiger partial charge in [0.15, 0.2) is 0 Å². The first-order chi connectivity index (χ1) is 9.16. The zero-order valence-corrected chi connectivity index (χ0v) is 11.9. The normalized spacial score (nSPS) is 18.0. The summed E-state index contributed by atoms with van der Waals surface area (Å²) in [5, 5.41) is 3.32. The van der Waals surface area contributed by atoms with Crippen LogP contribution < -0.4 is 5.32 Å². The van der Waals surface area contributed by atoms with Crippen LogP contribution in [0.3, 0.4) is 0 Å². The molecule has 0 bridgehead atoms. The number of ether oxygens (including phenoxy) is 1. The highest BCUT2D eigenvalue weighted by molar-refractivity contribution is 5.77. The van der Waals surface area contributed by atoms with Gasteiger partial charge in [0.1, 0.15) is 0 Å². The molecule has 0 radical (unpaired) electrons. The first kappa shape index (κ1) is 14.1. The summed E-state index contributed by atoms with van der Waals surface area (Å²) in [6, 6.07) is 8.46. The lowest BCUT2D eigenvalue weighted by Gasteiger charge is -2.35. The molecule has 3 heteroatoms. The number of hydrogen-bond acceptors (Lipinski definition) is 3. The van der Waals surface area contributed by atoms with Gasteiger partial charge in [-0.2, -0.15) is 0 Å². The van der Waals surface area contributed by atoms with Gasteiger partial charge in [0.25, 0.3) is 0 Å². The molecule has 1 fully saturated rings. The van der Waals surface area contributed by atoms with Gasteiger partial charge in [0.05, 0.1) is 12.0 Å². The Morgan fingerprint density at radius 1 is 1.26 bits per heavy atom. The molecule has 0 aromatic heterocycles. The van der Waals surface area contributed by atoms with Crippen LogP contribution in [0.1, 0.15) is 30.9 Å².